The van der Waals surface area contributed by atoms with Crippen LogP contribution in [0.25, 0.3) is 0 Å². The minimum atomic E-state index is -0.152. The van der Waals surface area contributed by atoms with Crippen molar-refractivity contribution in [1.29, 1.82) is 0 Å². The first-order valence-electron chi connectivity index (χ1n) is 7.80. The van der Waals surface area contributed by atoms with Crippen molar-refractivity contribution in [3.63, 3.8) is 0 Å². The van der Waals surface area contributed by atoms with E-state index in [-0.39, 0.29) is 5.82 Å². The van der Waals surface area contributed by atoms with Crippen molar-refractivity contribution in [3.05, 3.63) is 47.4 Å². The number of nitrogens with one attached hydrogen (secondary N) is 1. The van der Waals surface area contributed by atoms with Crippen LogP contribution in [-0.2, 0) is 6.42 Å². The number of nitrogens with zero attached hydrogens (tertiary/aromatic N) is 3. The molecule has 2 heterocycles. The minimum absolute atomic E-state index is 0.152. The van der Waals surface area contributed by atoms with Gasteiger partial charge in [-0.1, -0.05) is 18.2 Å². The first kappa shape index (κ1) is 14.8. The first-order chi connectivity index (χ1) is 10.7. The van der Waals surface area contributed by atoms with Crippen molar-refractivity contribution in [3.8, 4) is 0 Å². The molecule has 4 nitrogen and oxygen atoms in total. The van der Waals surface area contributed by atoms with Crippen LogP contribution in [0.4, 0.5) is 16.2 Å². The lowest BCUT2D eigenvalue weighted by Crippen LogP contribution is -2.21. The van der Waals surface area contributed by atoms with E-state index < -0.39 is 0 Å². The molecule has 0 amide bonds. The van der Waals surface area contributed by atoms with Crippen LogP contribution in [-0.4, -0.2) is 29.6 Å². The molecule has 2 aromatic rings. The van der Waals surface area contributed by atoms with Gasteiger partial charge in [0, 0.05) is 31.4 Å². The number of hydrogen-bond acceptors (Lipinski definition) is 4. The van der Waals surface area contributed by atoms with Crippen molar-refractivity contribution >= 4 is 11.8 Å². The van der Waals surface area contributed by atoms with Gasteiger partial charge in [0.15, 0.2) is 0 Å². The summed E-state index contributed by atoms with van der Waals surface area (Å²) in [4.78, 5) is 11.3. The van der Waals surface area contributed by atoms with Crippen molar-refractivity contribution in [2.75, 3.05) is 29.9 Å². The highest BCUT2D eigenvalue weighted by Crippen LogP contribution is 2.18. The van der Waals surface area contributed by atoms with Crippen LogP contribution in [0.2, 0.25) is 0 Å². The maximum Gasteiger partial charge on any atom is 0.227 e. The zero-order chi connectivity index (χ0) is 15.4. The normalized spacial score (nSPS) is 14.4. The van der Waals surface area contributed by atoms with Gasteiger partial charge in [0.05, 0.1) is 0 Å². The van der Waals surface area contributed by atoms with Crippen LogP contribution >= 0.6 is 0 Å². The summed E-state index contributed by atoms with van der Waals surface area (Å²) in [6, 6.07) is 8.82. The molecule has 1 aliphatic heterocycles. The van der Waals surface area contributed by atoms with Crippen LogP contribution < -0.4 is 10.2 Å². The fourth-order valence-corrected chi connectivity index (χ4v) is 2.73. The molecule has 1 N–H and O–H groups in total. The minimum Gasteiger partial charge on any atom is -0.370 e. The number of hydrogen-bond donors (Lipinski definition) is 1. The fourth-order valence-electron chi connectivity index (χ4n) is 2.73. The monoisotopic (exact) mass is 300 g/mol. The molecule has 0 aliphatic carbocycles. The SMILES string of the molecule is Cc1cc(NCCc2ccccc2F)nc(N2CCCC2)n1. The van der Waals surface area contributed by atoms with Gasteiger partial charge in [-0.3, -0.25) is 0 Å². The van der Waals surface area contributed by atoms with Crippen molar-refractivity contribution in [2.45, 2.75) is 26.2 Å². The third-order valence-corrected chi connectivity index (χ3v) is 3.89. The van der Waals surface area contributed by atoms with E-state index in [1.54, 1.807) is 6.07 Å². The molecule has 0 spiro atoms. The summed E-state index contributed by atoms with van der Waals surface area (Å²) in [5, 5.41) is 3.28. The molecule has 0 atom stereocenters. The Hall–Kier alpha value is -2.17. The van der Waals surface area contributed by atoms with Gasteiger partial charge in [-0.15, -0.1) is 0 Å². The van der Waals surface area contributed by atoms with Crippen LogP contribution in [0.1, 0.15) is 24.1 Å². The van der Waals surface area contributed by atoms with Crippen molar-refractivity contribution in [2.24, 2.45) is 0 Å². The zero-order valence-corrected chi connectivity index (χ0v) is 12.8. The lowest BCUT2D eigenvalue weighted by Gasteiger charge is -2.17. The molecule has 3 rings (SSSR count). The number of aromatic nitrogens is 2. The molecule has 1 saturated heterocycles. The fraction of sp³-hybridized carbons (Fsp3) is 0.412. The third kappa shape index (κ3) is 3.53. The quantitative estimate of drug-likeness (QED) is 0.921. The molecule has 22 heavy (non-hydrogen) atoms. The Morgan fingerprint density at radius 3 is 2.73 bits per heavy atom. The summed E-state index contributed by atoms with van der Waals surface area (Å²) in [5.41, 5.74) is 1.67. The zero-order valence-electron chi connectivity index (χ0n) is 12.8. The second-order valence-electron chi connectivity index (χ2n) is 5.66. The van der Waals surface area contributed by atoms with Gasteiger partial charge in [-0.05, 0) is 37.8 Å². The molecule has 1 aromatic carbocycles. The van der Waals surface area contributed by atoms with E-state index in [0.717, 1.165) is 36.1 Å². The molecule has 0 saturated carbocycles. The highest BCUT2D eigenvalue weighted by atomic mass is 19.1. The molecule has 0 radical (unpaired) electrons. The number of rotatable bonds is 5. The van der Waals surface area contributed by atoms with Gasteiger partial charge in [-0.2, -0.15) is 4.98 Å². The van der Waals surface area contributed by atoms with Crippen LogP contribution in [0.15, 0.2) is 30.3 Å². The summed E-state index contributed by atoms with van der Waals surface area (Å²) >= 11 is 0. The van der Waals surface area contributed by atoms with Crippen LogP contribution in [0, 0.1) is 12.7 Å². The van der Waals surface area contributed by atoms with Crippen LogP contribution in [0.5, 0.6) is 0 Å². The predicted octanol–water partition coefficient (Wildman–Crippen LogP) is 3.18. The number of halogens is 1. The lowest BCUT2D eigenvalue weighted by molar-refractivity contribution is 0.610. The summed E-state index contributed by atoms with van der Waals surface area (Å²) < 4.78 is 13.6. The number of benzene rings is 1. The van der Waals surface area contributed by atoms with E-state index in [0.29, 0.717) is 13.0 Å². The number of aryl methyl sites for hydroxylation is 1. The van der Waals surface area contributed by atoms with Gasteiger partial charge in [-0.25, -0.2) is 9.37 Å². The summed E-state index contributed by atoms with van der Waals surface area (Å²) in [7, 11) is 0. The van der Waals surface area contributed by atoms with Crippen molar-refractivity contribution in [1.82, 2.24) is 9.97 Å². The lowest BCUT2D eigenvalue weighted by atomic mass is 10.1. The van der Waals surface area contributed by atoms with E-state index in [1.165, 1.54) is 18.9 Å². The maximum absolute atomic E-state index is 13.6. The molecular weight excluding hydrogens is 279 g/mol. The van der Waals surface area contributed by atoms with E-state index >= 15 is 0 Å². The summed E-state index contributed by atoms with van der Waals surface area (Å²) in [6.07, 6.45) is 3.04. The summed E-state index contributed by atoms with van der Waals surface area (Å²) in [5.74, 6) is 1.46. The average Bonchev–Trinajstić information content (AvgIpc) is 3.03. The maximum atomic E-state index is 13.6. The van der Waals surface area contributed by atoms with Gasteiger partial charge in [0.25, 0.3) is 0 Å². The molecule has 1 aromatic heterocycles. The second-order valence-corrected chi connectivity index (χ2v) is 5.66. The second kappa shape index (κ2) is 6.73. The van der Waals surface area contributed by atoms with E-state index in [9.17, 15) is 4.39 Å². The van der Waals surface area contributed by atoms with Crippen molar-refractivity contribution < 1.29 is 4.39 Å². The number of anilines is 2. The molecule has 1 fully saturated rings. The Labute approximate surface area is 130 Å². The van der Waals surface area contributed by atoms with Gasteiger partial charge < -0.3 is 10.2 Å². The first-order valence-corrected chi connectivity index (χ1v) is 7.80. The Morgan fingerprint density at radius 2 is 1.95 bits per heavy atom. The molecule has 116 valence electrons. The molecule has 1 aliphatic rings. The smallest absolute Gasteiger partial charge is 0.227 e. The molecule has 5 heteroatoms. The van der Waals surface area contributed by atoms with E-state index in [2.05, 4.69) is 20.2 Å². The topological polar surface area (TPSA) is 41.1 Å². The Kier molecular flexibility index (Phi) is 4.51. The van der Waals surface area contributed by atoms with Gasteiger partial charge in [0.1, 0.15) is 11.6 Å². The standard InChI is InChI=1S/C17H21FN4/c1-13-12-16(21-17(20-13)22-10-4-5-11-22)19-9-8-14-6-2-3-7-15(14)18/h2-3,6-7,12H,4-5,8-11H2,1H3,(H,19,20,21). The largest absolute Gasteiger partial charge is 0.370 e. The van der Waals surface area contributed by atoms with Crippen LogP contribution in [0.3, 0.4) is 0 Å². The molecule has 0 bridgehead atoms. The highest BCUT2D eigenvalue weighted by molar-refractivity contribution is 5.44. The average molecular weight is 300 g/mol. The highest BCUT2D eigenvalue weighted by Gasteiger charge is 2.15. The van der Waals surface area contributed by atoms with E-state index in [1.807, 2.05) is 25.1 Å². The van der Waals surface area contributed by atoms with Gasteiger partial charge >= 0.3 is 0 Å². The molecule has 0 unspecified atom stereocenters. The predicted molar refractivity (Wildman–Crippen MR) is 86.8 cm³/mol. The summed E-state index contributed by atoms with van der Waals surface area (Å²) in [6.45, 7) is 4.68. The Morgan fingerprint density at radius 1 is 1.18 bits per heavy atom. The third-order valence-electron chi connectivity index (χ3n) is 3.89. The Bertz CT molecular complexity index is 638. The van der Waals surface area contributed by atoms with E-state index in [4.69, 9.17) is 0 Å². The Balaban J connectivity index is 1.63. The molecular formula is C17H21FN4. The van der Waals surface area contributed by atoms with Gasteiger partial charge in [0.2, 0.25) is 5.95 Å².